The Bertz CT molecular complexity index is 1020. The second-order valence-electron chi connectivity index (χ2n) is 7.41. The molecule has 5 nitrogen and oxygen atoms in total. The fraction of sp³-hybridized carbons (Fsp3) is 0.381. The summed E-state index contributed by atoms with van der Waals surface area (Å²) < 4.78 is 14.5. The number of fused-ring (bicyclic) bond motifs is 1. The highest BCUT2D eigenvalue weighted by atomic mass is 32.1. The van der Waals surface area contributed by atoms with Gasteiger partial charge in [0.25, 0.3) is 0 Å². The number of alkyl halides is 1. The fourth-order valence-corrected chi connectivity index (χ4v) is 4.90. The van der Waals surface area contributed by atoms with Crippen LogP contribution < -0.4 is 9.80 Å². The van der Waals surface area contributed by atoms with Crippen molar-refractivity contribution in [3.63, 3.8) is 0 Å². The van der Waals surface area contributed by atoms with Gasteiger partial charge in [-0.2, -0.15) is 0 Å². The molecule has 2 aliphatic heterocycles. The van der Waals surface area contributed by atoms with E-state index in [1.165, 1.54) is 0 Å². The summed E-state index contributed by atoms with van der Waals surface area (Å²) in [4.78, 5) is 25.3. The van der Waals surface area contributed by atoms with Crippen LogP contribution in [0.5, 0.6) is 0 Å². The van der Waals surface area contributed by atoms with E-state index in [9.17, 15) is 9.18 Å². The fourth-order valence-electron chi connectivity index (χ4n) is 3.91. The Morgan fingerprint density at radius 2 is 2.07 bits per heavy atom. The summed E-state index contributed by atoms with van der Waals surface area (Å²) in [6.07, 6.45) is 4.29. The van der Waals surface area contributed by atoms with E-state index in [0.29, 0.717) is 25.9 Å². The molecule has 0 radical (unpaired) electrons. The van der Waals surface area contributed by atoms with Gasteiger partial charge in [0.2, 0.25) is 5.91 Å². The van der Waals surface area contributed by atoms with E-state index in [4.69, 9.17) is 4.98 Å². The van der Waals surface area contributed by atoms with Crippen molar-refractivity contribution >= 4 is 39.0 Å². The van der Waals surface area contributed by atoms with Crippen molar-refractivity contribution < 1.29 is 9.18 Å². The van der Waals surface area contributed by atoms with E-state index in [1.807, 2.05) is 40.3 Å². The first-order valence-electron chi connectivity index (χ1n) is 9.74. The minimum absolute atomic E-state index is 0.201. The molecule has 1 atom stereocenters. The van der Waals surface area contributed by atoms with E-state index < -0.39 is 6.17 Å². The van der Waals surface area contributed by atoms with E-state index >= 15 is 0 Å². The number of hydrogen-bond acceptors (Lipinski definition) is 5. The van der Waals surface area contributed by atoms with Crippen molar-refractivity contribution in [2.24, 2.45) is 0 Å². The zero-order valence-electron chi connectivity index (χ0n) is 15.5. The molecule has 28 heavy (non-hydrogen) atoms. The van der Waals surface area contributed by atoms with Gasteiger partial charge in [-0.25, -0.2) is 14.4 Å². The van der Waals surface area contributed by atoms with Gasteiger partial charge in [-0.15, -0.1) is 11.3 Å². The van der Waals surface area contributed by atoms with E-state index in [2.05, 4.69) is 11.1 Å². The number of benzene rings is 1. The molecule has 5 rings (SSSR count). The van der Waals surface area contributed by atoms with Gasteiger partial charge in [0.05, 0.1) is 16.8 Å². The first-order valence-corrected chi connectivity index (χ1v) is 10.6. The van der Waals surface area contributed by atoms with Gasteiger partial charge in [-0.1, -0.05) is 0 Å². The van der Waals surface area contributed by atoms with Crippen molar-refractivity contribution in [3.05, 3.63) is 36.5 Å². The van der Waals surface area contributed by atoms with Crippen LogP contribution in [-0.2, 0) is 4.79 Å². The normalized spacial score (nSPS) is 20.3. The smallest absolute Gasteiger partial charge is 0.226 e. The van der Waals surface area contributed by atoms with Gasteiger partial charge in [0, 0.05) is 37.0 Å². The molecule has 2 aromatic heterocycles. The lowest BCUT2D eigenvalue weighted by Crippen LogP contribution is -2.35. The Labute approximate surface area is 166 Å². The van der Waals surface area contributed by atoms with Crippen molar-refractivity contribution in [2.45, 2.75) is 31.9 Å². The topological polar surface area (TPSA) is 49.3 Å². The molecule has 4 heterocycles. The summed E-state index contributed by atoms with van der Waals surface area (Å²) in [5.41, 5.74) is 2.84. The van der Waals surface area contributed by atoms with Gasteiger partial charge in [-0.05, 0) is 49.6 Å². The lowest BCUT2D eigenvalue weighted by molar-refractivity contribution is -0.119. The number of hydrogen-bond donors (Lipinski definition) is 0. The summed E-state index contributed by atoms with van der Waals surface area (Å²) in [5, 5.41) is 0.904. The zero-order chi connectivity index (χ0) is 19.1. The van der Waals surface area contributed by atoms with E-state index in [0.717, 1.165) is 51.7 Å². The van der Waals surface area contributed by atoms with Crippen molar-refractivity contribution in [1.82, 2.24) is 9.97 Å². The number of pyridine rings is 1. The summed E-state index contributed by atoms with van der Waals surface area (Å²) in [5.74, 6) is 1.02. The quantitative estimate of drug-likeness (QED) is 0.657. The van der Waals surface area contributed by atoms with Crippen LogP contribution in [0, 0.1) is 0 Å². The van der Waals surface area contributed by atoms with Crippen LogP contribution in [0.3, 0.4) is 0 Å². The minimum Gasteiger partial charge on any atom is -0.354 e. The second-order valence-corrected chi connectivity index (χ2v) is 8.44. The molecule has 0 saturated carbocycles. The number of anilines is 2. The third-order valence-corrected chi connectivity index (χ3v) is 6.52. The van der Waals surface area contributed by atoms with Crippen LogP contribution in [0.2, 0.25) is 0 Å². The molecule has 2 saturated heterocycles. The van der Waals surface area contributed by atoms with E-state index in [-0.39, 0.29) is 5.91 Å². The van der Waals surface area contributed by atoms with Crippen LogP contribution >= 0.6 is 11.3 Å². The van der Waals surface area contributed by atoms with Crippen LogP contribution in [0.25, 0.3) is 20.8 Å². The van der Waals surface area contributed by atoms with Crippen LogP contribution in [-0.4, -0.2) is 41.7 Å². The standard InChI is InChI=1S/C21H21FN4OS/c22-15-8-10-25(13-15)19-7-4-14(12-23-19)21-24-17-6-5-16(11-18(17)28-21)26-9-2-1-3-20(26)27/h4-7,11-12,15H,1-3,8-10,13H2/t15-/m0/s1. The Morgan fingerprint density at radius 1 is 1.14 bits per heavy atom. The highest BCUT2D eigenvalue weighted by Crippen LogP contribution is 2.34. The van der Waals surface area contributed by atoms with Crippen LogP contribution in [0.1, 0.15) is 25.7 Å². The molecule has 3 aromatic rings. The van der Waals surface area contributed by atoms with Gasteiger partial charge >= 0.3 is 0 Å². The zero-order valence-corrected chi connectivity index (χ0v) is 16.3. The lowest BCUT2D eigenvalue weighted by Gasteiger charge is -2.26. The molecule has 0 aliphatic carbocycles. The summed E-state index contributed by atoms with van der Waals surface area (Å²) in [6.45, 7) is 1.93. The highest BCUT2D eigenvalue weighted by molar-refractivity contribution is 7.21. The maximum Gasteiger partial charge on any atom is 0.226 e. The SMILES string of the molecule is O=C1CCCCN1c1ccc2nc(-c3ccc(N4CC[C@H](F)C4)nc3)sc2c1. The Balaban J connectivity index is 1.41. The monoisotopic (exact) mass is 396 g/mol. The van der Waals surface area contributed by atoms with Gasteiger partial charge in [0.15, 0.2) is 0 Å². The molecule has 0 spiro atoms. The molecule has 0 unspecified atom stereocenters. The Hall–Kier alpha value is -2.54. The third-order valence-electron chi connectivity index (χ3n) is 5.46. The predicted octanol–water partition coefficient (Wildman–Crippen LogP) is 4.42. The maximum atomic E-state index is 13.4. The molecule has 144 valence electrons. The average Bonchev–Trinajstić information content (AvgIpc) is 3.34. The van der Waals surface area contributed by atoms with Crippen LogP contribution in [0.4, 0.5) is 15.9 Å². The molecule has 2 aliphatic rings. The van der Waals surface area contributed by atoms with Crippen molar-refractivity contribution in [2.75, 3.05) is 29.4 Å². The highest BCUT2D eigenvalue weighted by Gasteiger charge is 2.23. The summed E-state index contributed by atoms with van der Waals surface area (Å²) in [7, 11) is 0. The summed E-state index contributed by atoms with van der Waals surface area (Å²) >= 11 is 1.61. The number of nitrogens with zero attached hydrogens (tertiary/aromatic N) is 4. The maximum absolute atomic E-state index is 13.4. The molecule has 2 fully saturated rings. The number of carbonyl (C=O) groups excluding carboxylic acids is 1. The Kier molecular flexibility index (Phi) is 4.47. The Morgan fingerprint density at radius 3 is 2.82 bits per heavy atom. The number of piperidine rings is 1. The molecule has 7 heteroatoms. The molecule has 0 bridgehead atoms. The molecule has 1 amide bonds. The van der Waals surface area contributed by atoms with Gasteiger partial charge in [0.1, 0.15) is 17.0 Å². The first kappa shape index (κ1) is 17.6. The average molecular weight is 396 g/mol. The van der Waals surface area contributed by atoms with Crippen molar-refractivity contribution in [1.29, 1.82) is 0 Å². The van der Waals surface area contributed by atoms with Gasteiger partial charge in [-0.3, -0.25) is 4.79 Å². The number of thiazole rings is 1. The number of rotatable bonds is 3. The molecular formula is C21H21FN4OS. The van der Waals surface area contributed by atoms with Gasteiger partial charge < -0.3 is 9.80 Å². The number of carbonyl (C=O) groups is 1. The van der Waals surface area contributed by atoms with E-state index in [1.54, 1.807) is 11.3 Å². The number of amides is 1. The second kappa shape index (κ2) is 7.13. The number of aromatic nitrogens is 2. The number of halogens is 1. The van der Waals surface area contributed by atoms with Crippen LogP contribution in [0.15, 0.2) is 36.5 Å². The summed E-state index contributed by atoms with van der Waals surface area (Å²) in [6, 6.07) is 9.97. The largest absolute Gasteiger partial charge is 0.354 e. The lowest BCUT2D eigenvalue weighted by atomic mass is 10.1. The van der Waals surface area contributed by atoms with Crippen molar-refractivity contribution in [3.8, 4) is 10.6 Å². The predicted molar refractivity (Wildman–Crippen MR) is 111 cm³/mol. The third kappa shape index (κ3) is 3.24. The first-order chi connectivity index (χ1) is 13.7. The molecule has 0 N–H and O–H groups in total. The molecule has 1 aromatic carbocycles. The minimum atomic E-state index is -0.758. The molecular weight excluding hydrogens is 375 g/mol.